The van der Waals surface area contributed by atoms with Gasteiger partial charge in [0.2, 0.25) is 11.5 Å². The molecule has 0 aliphatic heterocycles. The van der Waals surface area contributed by atoms with E-state index in [0.29, 0.717) is 0 Å². The Morgan fingerprint density at radius 3 is 1.64 bits per heavy atom. The largest absolute Gasteiger partial charge is 0.262 e. The minimum atomic E-state index is -2.50. The van der Waals surface area contributed by atoms with Gasteiger partial charge in [-0.15, -0.1) is 0 Å². The molecule has 0 fully saturated rings. The summed E-state index contributed by atoms with van der Waals surface area (Å²) < 4.78 is 71.9. The van der Waals surface area contributed by atoms with Crippen LogP contribution in [0.2, 0.25) is 0 Å². The maximum Gasteiger partial charge on any atom is 0.201 e. The van der Waals surface area contributed by atoms with Crippen molar-refractivity contribution in [3.05, 3.63) is 109 Å². The summed E-state index contributed by atoms with van der Waals surface area (Å²) in [6, 6.07) is 8.51. The van der Waals surface area contributed by atoms with Crippen LogP contribution in [0.3, 0.4) is 0 Å². The second-order valence-corrected chi connectivity index (χ2v) is 7.59. The first kappa shape index (κ1) is 25.6. The van der Waals surface area contributed by atoms with Crippen molar-refractivity contribution < 1.29 is 22.0 Å². The van der Waals surface area contributed by atoms with E-state index in [4.69, 9.17) is 19.7 Å². The normalized spacial score (nSPS) is 11.8. The van der Waals surface area contributed by atoms with Crippen LogP contribution in [0, 0.1) is 94.1 Å². The second-order valence-electron chi connectivity index (χ2n) is 7.59. The SMILES string of the molecule is [C-]#[N+]c1cc2c(c([N+]#[C-])c1[N+]#[C-])/C(=C(/C#N)c1c(F)c(F)c(F)c(F)c1F)c1c-2cc(C#N)c(C#N)c1C#N. The highest BCUT2D eigenvalue weighted by atomic mass is 19.2. The highest BCUT2D eigenvalue weighted by Crippen LogP contribution is 2.58. The van der Waals surface area contributed by atoms with E-state index in [0.717, 1.165) is 12.1 Å². The number of benzene rings is 3. The Balaban J connectivity index is 2.45. The predicted octanol–water partition coefficient (Wildman–Crippen LogP) is 7.11. The average molecular weight is 519 g/mol. The van der Waals surface area contributed by atoms with Gasteiger partial charge in [0.15, 0.2) is 34.6 Å². The van der Waals surface area contributed by atoms with Crippen molar-refractivity contribution in [3.63, 3.8) is 0 Å². The summed E-state index contributed by atoms with van der Waals surface area (Å²) in [6.07, 6.45) is 0. The van der Waals surface area contributed by atoms with E-state index in [2.05, 4.69) is 14.5 Å². The third-order valence-corrected chi connectivity index (χ3v) is 5.88. The van der Waals surface area contributed by atoms with Crippen LogP contribution in [-0.4, -0.2) is 0 Å². The van der Waals surface area contributed by atoms with Crippen molar-refractivity contribution in [2.24, 2.45) is 0 Å². The molecule has 0 radical (unpaired) electrons. The Morgan fingerprint density at radius 1 is 0.641 bits per heavy atom. The summed E-state index contributed by atoms with van der Waals surface area (Å²) >= 11 is 0. The Hall–Kier alpha value is -6.52. The van der Waals surface area contributed by atoms with Crippen molar-refractivity contribution in [1.29, 1.82) is 21.0 Å². The van der Waals surface area contributed by atoms with Crippen LogP contribution in [0.5, 0.6) is 0 Å². The zero-order chi connectivity index (χ0) is 28.8. The third kappa shape index (κ3) is 3.27. The zero-order valence-electron chi connectivity index (χ0n) is 18.7. The van der Waals surface area contributed by atoms with E-state index in [1.54, 1.807) is 18.2 Å². The van der Waals surface area contributed by atoms with Crippen LogP contribution in [-0.2, 0) is 0 Å². The molecule has 0 spiro atoms. The van der Waals surface area contributed by atoms with Crippen LogP contribution < -0.4 is 0 Å². The lowest BCUT2D eigenvalue weighted by molar-refractivity contribution is 0.376. The van der Waals surface area contributed by atoms with Gasteiger partial charge < -0.3 is 0 Å². The van der Waals surface area contributed by atoms with Crippen molar-refractivity contribution in [2.45, 2.75) is 0 Å². The highest BCUT2D eigenvalue weighted by Gasteiger charge is 2.38. The van der Waals surface area contributed by atoms with Crippen molar-refractivity contribution in [3.8, 4) is 35.4 Å². The summed E-state index contributed by atoms with van der Waals surface area (Å²) in [4.78, 5) is 9.60. The first-order chi connectivity index (χ1) is 18.7. The summed E-state index contributed by atoms with van der Waals surface area (Å²) in [5.41, 5.74) is -7.69. The monoisotopic (exact) mass is 519 g/mol. The summed E-state index contributed by atoms with van der Waals surface area (Å²) in [5.74, 6) is -12.0. The predicted molar refractivity (Wildman–Crippen MR) is 123 cm³/mol. The van der Waals surface area contributed by atoms with E-state index in [1.165, 1.54) is 6.07 Å². The maximum atomic E-state index is 14.9. The van der Waals surface area contributed by atoms with Gasteiger partial charge in [0.05, 0.1) is 47.5 Å². The van der Waals surface area contributed by atoms with Crippen LogP contribution in [0.25, 0.3) is 36.8 Å². The molecular formula is C27H2F5N7. The van der Waals surface area contributed by atoms with Crippen molar-refractivity contribution in [2.75, 3.05) is 0 Å². The standard InChI is InChI=1S/C27H2F5N7/c1-37-16-5-12-11-4-10(6-33)13(7-34)14(8-35)17(11)18(19(12)27(39-3)26(16)38-2)15(9-36)20-21(28)23(30)25(32)24(31)22(20)29/h4-5H/b18-15-. The van der Waals surface area contributed by atoms with Gasteiger partial charge in [-0.25, -0.2) is 22.0 Å². The van der Waals surface area contributed by atoms with Crippen LogP contribution in [0.4, 0.5) is 39.0 Å². The Bertz CT molecular complexity index is 1910. The molecule has 7 nitrogen and oxygen atoms in total. The number of halogens is 5. The lowest BCUT2D eigenvalue weighted by atomic mass is 9.87. The minimum absolute atomic E-state index is 0.140. The molecule has 0 heterocycles. The molecule has 0 N–H and O–H groups in total. The summed E-state index contributed by atoms with van der Waals surface area (Å²) in [6.45, 7) is 22.5. The topological polar surface area (TPSA) is 108 Å². The molecule has 1 aliphatic rings. The van der Waals surface area contributed by atoms with Gasteiger partial charge in [0, 0.05) is 5.56 Å². The van der Waals surface area contributed by atoms with Gasteiger partial charge in [-0.3, -0.25) is 14.5 Å². The second kappa shape index (κ2) is 9.17. The number of nitrogens with zero attached hydrogens (tertiary/aromatic N) is 7. The van der Waals surface area contributed by atoms with E-state index in [1.807, 2.05) is 0 Å². The summed E-state index contributed by atoms with van der Waals surface area (Å²) in [5, 5.41) is 39.1. The number of fused-ring (bicyclic) bond motifs is 3. The molecule has 0 saturated carbocycles. The molecule has 3 aromatic carbocycles. The van der Waals surface area contributed by atoms with Gasteiger partial charge in [-0.2, -0.15) is 21.0 Å². The molecule has 3 aromatic rings. The Labute approximate surface area is 215 Å². The molecular weight excluding hydrogens is 517 g/mol. The molecule has 39 heavy (non-hydrogen) atoms. The third-order valence-electron chi connectivity index (χ3n) is 5.88. The van der Waals surface area contributed by atoms with Gasteiger partial charge in [0.1, 0.15) is 24.3 Å². The average Bonchev–Trinajstić information content (AvgIpc) is 3.27. The smallest absolute Gasteiger partial charge is 0.201 e. The van der Waals surface area contributed by atoms with Crippen LogP contribution >= 0.6 is 0 Å². The van der Waals surface area contributed by atoms with E-state index >= 15 is 0 Å². The maximum absolute atomic E-state index is 14.9. The first-order valence-corrected chi connectivity index (χ1v) is 10.1. The molecule has 180 valence electrons. The number of allylic oxidation sites excluding steroid dienone is 1. The fraction of sp³-hybridized carbons (Fsp3) is 0. The minimum Gasteiger partial charge on any atom is -0.262 e. The fourth-order valence-electron chi connectivity index (χ4n) is 4.32. The molecule has 0 saturated heterocycles. The van der Waals surface area contributed by atoms with Gasteiger partial charge >= 0.3 is 0 Å². The fourth-order valence-corrected chi connectivity index (χ4v) is 4.32. The van der Waals surface area contributed by atoms with Crippen LogP contribution in [0.15, 0.2) is 12.1 Å². The Morgan fingerprint density at radius 2 is 1.18 bits per heavy atom. The van der Waals surface area contributed by atoms with Crippen LogP contribution in [0.1, 0.15) is 33.4 Å². The van der Waals surface area contributed by atoms with Crippen molar-refractivity contribution >= 4 is 28.2 Å². The molecule has 12 heteroatoms. The van der Waals surface area contributed by atoms with Gasteiger partial charge in [-0.1, -0.05) is 6.07 Å². The Kier molecular flexibility index (Phi) is 6.01. The van der Waals surface area contributed by atoms with Gasteiger partial charge in [0.25, 0.3) is 0 Å². The highest BCUT2D eigenvalue weighted by molar-refractivity contribution is 6.19. The summed E-state index contributed by atoms with van der Waals surface area (Å²) in [7, 11) is 0. The van der Waals surface area contributed by atoms with Crippen molar-refractivity contribution in [1.82, 2.24) is 0 Å². The quantitative estimate of drug-likeness (QED) is 0.0878. The molecule has 1 aliphatic carbocycles. The molecule has 0 amide bonds. The zero-order valence-corrected chi connectivity index (χ0v) is 18.7. The molecule has 0 bridgehead atoms. The number of rotatable bonds is 1. The molecule has 0 atom stereocenters. The lowest BCUT2D eigenvalue weighted by Gasteiger charge is -2.14. The molecule has 0 aromatic heterocycles. The van der Waals surface area contributed by atoms with Gasteiger partial charge in [-0.05, 0) is 28.3 Å². The van der Waals surface area contributed by atoms with E-state index in [-0.39, 0.29) is 22.4 Å². The number of hydrogen-bond donors (Lipinski definition) is 0. The molecule has 0 unspecified atom stereocenters. The number of hydrogen-bond acceptors (Lipinski definition) is 4. The van der Waals surface area contributed by atoms with E-state index < -0.39 is 79.4 Å². The van der Waals surface area contributed by atoms with E-state index in [9.17, 15) is 43.0 Å². The first-order valence-electron chi connectivity index (χ1n) is 10.1. The molecule has 4 rings (SSSR count). The lowest BCUT2D eigenvalue weighted by Crippen LogP contribution is -2.08. The number of nitriles is 4.